The van der Waals surface area contributed by atoms with Gasteiger partial charge in [-0.25, -0.2) is 0 Å². The highest BCUT2D eigenvalue weighted by Crippen LogP contribution is 2.33. The van der Waals surface area contributed by atoms with E-state index in [1.165, 1.54) is 17.0 Å². The number of carbonyl (C=O) groups is 1. The van der Waals surface area contributed by atoms with Gasteiger partial charge in [0, 0.05) is 5.69 Å². The highest BCUT2D eigenvalue weighted by atomic mass is 32.2. The van der Waals surface area contributed by atoms with Crippen molar-refractivity contribution in [1.82, 2.24) is 4.90 Å². The van der Waals surface area contributed by atoms with Crippen molar-refractivity contribution in [3.8, 4) is 5.75 Å². The van der Waals surface area contributed by atoms with E-state index in [1.807, 2.05) is 12.1 Å². The molecule has 1 fully saturated rings. The Morgan fingerprint density at radius 2 is 1.93 bits per heavy atom. The average Bonchev–Trinajstić information content (AvgIpc) is 2.93. The molecule has 0 saturated carbocycles. The van der Waals surface area contributed by atoms with Crippen molar-refractivity contribution in [2.24, 2.45) is 0 Å². The summed E-state index contributed by atoms with van der Waals surface area (Å²) in [5.74, 6) is 0.403. The number of benzene rings is 2. The van der Waals surface area contributed by atoms with E-state index in [2.05, 4.69) is 5.32 Å². The van der Waals surface area contributed by atoms with Crippen LogP contribution in [0.15, 0.2) is 53.4 Å². The van der Waals surface area contributed by atoms with Gasteiger partial charge in [-0.1, -0.05) is 42.2 Å². The van der Waals surface area contributed by atoms with E-state index in [4.69, 9.17) is 17.0 Å². The van der Waals surface area contributed by atoms with E-state index in [0.29, 0.717) is 15.0 Å². The van der Waals surface area contributed by atoms with E-state index < -0.39 is 11.7 Å². The zero-order valence-electron chi connectivity index (χ0n) is 14.6. The first kappa shape index (κ1) is 20.2. The van der Waals surface area contributed by atoms with Crippen LogP contribution in [0.4, 0.5) is 18.9 Å². The Hall–Kier alpha value is -2.52. The molecule has 0 aromatic heterocycles. The zero-order chi connectivity index (χ0) is 20.3. The van der Waals surface area contributed by atoms with Crippen molar-refractivity contribution < 1.29 is 22.7 Å². The number of hydrogen-bond donors (Lipinski definition) is 1. The number of halogens is 3. The van der Waals surface area contributed by atoms with Gasteiger partial charge >= 0.3 is 6.18 Å². The lowest BCUT2D eigenvalue weighted by Crippen LogP contribution is -2.33. The minimum atomic E-state index is -4.43. The molecule has 1 saturated heterocycles. The van der Waals surface area contributed by atoms with E-state index in [0.717, 1.165) is 29.5 Å². The largest absolute Gasteiger partial charge is 0.497 e. The molecule has 2 aromatic carbocycles. The standard InChI is InChI=1S/C19H15F3N2O2S2/c1-26-15-7-5-12(6-8-15)9-16-17(25)24(18(27)28-16)11-23-14-4-2-3-13(10-14)19(20,21)22/h2-10,23H,11H2,1H3/b16-9+. The van der Waals surface area contributed by atoms with Gasteiger partial charge in [-0.3, -0.25) is 9.69 Å². The molecule has 1 aliphatic heterocycles. The first-order valence-electron chi connectivity index (χ1n) is 8.08. The third-order valence-corrected chi connectivity index (χ3v) is 5.30. The Morgan fingerprint density at radius 1 is 1.21 bits per heavy atom. The summed E-state index contributed by atoms with van der Waals surface area (Å²) in [7, 11) is 1.57. The normalized spacial score (nSPS) is 16.0. The number of nitrogens with one attached hydrogen (secondary N) is 1. The van der Waals surface area contributed by atoms with Crippen molar-refractivity contribution in [1.29, 1.82) is 0 Å². The van der Waals surface area contributed by atoms with Crippen LogP contribution >= 0.6 is 24.0 Å². The number of nitrogens with zero attached hydrogens (tertiary/aromatic N) is 1. The first-order chi connectivity index (χ1) is 13.3. The predicted octanol–water partition coefficient (Wildman–Crippen LogP) is 4.98. The van der Waals surface area contributed by atoms with Crippen LogP contribution in [0.2, 0.25) is 0 Å². The number of anilines is 1. The van der Waals surface area contributed by atoms with Gasteiger partial charge in [-0.2, -0.15) is 13.2 Å². The SMILES string of the molecule is COc1ccc(/C=C2/SC(=S)N(CNc3cccc(C(F)(F)F)c3)C2=O)cc1. The molecular weight excluding hydrogens is 409 g/mol. The topological polar surface area (TPSA) is 41.6 Å². The fourth-order valence-electron chi connectivity index (χ4n) is 2.46. The second-order valence-corrected chi connectivity index (χ2v) is 7.47. The van der Waals surface area contributed by atoms with Crippen LogP contribution in [0.3, 0.4) is 0 Å². The molecule has 9 heteroatoms. The predicted molar refractivity (Wildman–Crippen MR) is 108 cm³/mol. The molecule has 3 rings (SSSR count). The van der Waals surface area contributed by atoms with Gasteiger partial charge < -0.3 is 10.1 Å². The Morgan fingerprint density at radius 3 is 2.57 bits per heavy atom. The molecule has 4 nitrogen and oxygen atoms in total. The number of thioether (sulfide) groups is 1. The maximum Gasteiger partial charge on any atom is 0.416 e. The first-order valence-corrected chi connectivity index (χ1v) is 9.31. The summed E-state index contributed by atoms with van der Waals surface area (Å²) < 4.78 is 43.9. The maximum atomic E-state index is 12.8. The molecule has 0 aliphatic carbocycles. The third kappa shape index (κ3) is 4.66. The molecule has 1 aliphatic rings. The zero-order valence-corrected chi connectivity index (χ0v) is 16.3. The second-order valence-electron chi connectivity index (χ2n) is 5.80. The number of amides is 1. The quantitative estimate of drug-likeness (QED) is 0.541. The lowest BCUT2D eigenvalue weighted by atomic mass is 10.2. The average molecular weight is 424 g/mol. The molecule has 146 valence electrons. The summed E-state index contributed by atoms with van der Waals surface area (Å²) in [6.45, 7) is -0.0219. The number of hydrogen-bond acceptors (Lipinski definition) is 5. The second kappa shape index (κ2) is 8.24. The highest BCUT2D eigenvalue weighted by molar-refractivity contribution is 8.26. The Kier molecular flexibility index (Phi) is 5.95. The summed E-state index contributed by atoms with van der Waals surface area (Å²) in [4.78, 5) is 14.4. The van der Waals surface area contributed by atoms with E-state index in [1.54, 1.807) is 25.3 Å². The molecule has 1 amide bonds. The molecule has 0 spiro atoms. The van der Waals surface area contributed by atoms with Crippen molar-refractivity contribution in [3.05, 3.63) is 64.6 Å². The molecule has 1 heterocycles. The smallest absolute Gasteiger partial charge is 0.416 e. The lowest BCUT2D eigenvalue weighted by molar-refractivity contribution is -0.137. The summed E-state index contributed by atoms with van der Waals surface area (Å²) >= 11 is 6.38. The summed E-state index contributed by atoms with van der Waals surface area (Å²) in [6, 6.07) is 12.0. The van der Waals surface area contributed by atoms with Gasteiger partial charge in [0.05, 0.1) is 24.2 Å². The molecule has 28 heavy (non-hydrogen) atoms. The van der Waals surface area contributed by atoms with E-state index in [-0.39, 0.29) is 18.3 Å². The molecule has 1 N–H and O–H groups in total. The lowest BCUT2D eigenvalue weighted by Gasteiger charge is -2.17. The third-order valence-electron chi connectivity index (χ3n) is 3.92. The number of rotatable bonds is 5. The maximum absolute atomic E-state index is 12.8. The Balaban J connectivity index is 1.69. The number of ether oxygens (including phenoxy) is 1. The minimum absolute atomic E-state index is 0.0219. The van der Waals surface area contributed by atoms with Crippen molar-refractivity contribution in [3.63, 3.8) is 0 Å². The van der Waals surface area contributed by atoms with Crippen LogP contribution in [0.1, 0.15) is 11.1 Å². The van der Waals surface area contributed by atoms with Gasteiger partial charge in [0.2, 0.25) is 0 Å². The molecule has 0 bridgehead atoms. The van der Waals surface area contributed by atoms with Gasteiger partial charge in [0.1, 0.15) is 10.1 Å². The monoisotopic (exact) mass is 424 g/mol. The van der Waals surface area contributed by atoms with Crippen molar-refractivity contribution in [2.75, 3.05) is 19.1 Å². The number of thiocarbonyl (C=S) groups is 1. The highest BCUT2D eigenvalue weighted by Gasteiger charge is 2.32. The van der Waals surface area contributed by atoms with Gasteiger partial charge in [-0.15, -0.1) is 0 Å². The van der Waals surface area contributed by atoms with Crippen LogP contribution in [0.5, 0.6) is 5.75 Å². The fraction of sp³-hybridized carbons (Fsp3) is 0.158. The van der Waals surface area contributed by atoms with Crippen LogP contribution in [0.25, 0.3) is 6.08 Å². The van der Waals surface area contributed by atoms with Gasteiger partial charge in [-0.05, 0) is 42.0 Å². The van der Waals surface area contributed by atoms with Crippen LogP contribution in [0, 0.1) is 0 Å². The summed E-state index contributed by atoms with van der Waals surface area (Å²) in [5.41, 5.74) is 0.303. The molecular formula is C19H15F3N2O2S2. The Bertz CT molecular complexity index is 928. The molecule has 2 aromatic rings. The van der Waals surface area contributed by atoms with Gasteiger partial charge in [0.15, 0.2) is 0 Å². The summed E-state index contributed by atoms with van der Waals surface area (Å²) in [6.07, 6.45) is -2.72. The molecule has 0 unspecified atom stereocenters. The number of alkyl halides is 3. The molecule has 0 atom stereocenters. The van der Waals surface area contributed by atoms with Crippen LogP contribution in [-0.4, -0.2) is 28.9 Å². The summed E-state index contributed by atoms with van der Waals surface area (Å²) in [5, 5.41) is 2.82. The van der Waals surface area contributed by atoms with Gasteiger partial charge in [0.25, 0.3) is 5.91 Å². The van der Waals surface area contributed by atoms with E-state index >= 15 is 0 Å². The van der Waals surface area contributed by atoms with E-state index in [9.17, 15) is 18.0 Å². The molecule has 0 radical (unpaired) electrons. The Labute approximate surface area is 169 Å². The van der Waals surface area contributed by atoms with Crippen LogP contribution in [-0.2, 0) is 11.0 Å². The number of carbonyl (C=O) groups excluding carboxylic acids is 1. The number of methoxy groups -OCH3 is 1. The van der Waals surface area contributed by atoms with Crippen molar-refractivity contribution in [2.45, 2.75) is 6.18 Å². The fourth-order valence-corrected chi connectivity index (χ4v) is 3.72. The minimum Gasteiger partial charge on any atom is -0.497 e. The van der Waals surface area contributed by atoms with Crippen LogP contribution < -0.4 is 10.1 Å². The van der Waals surface area contributed by atoms with Crippen molar-refractivity contribution >= 4 is 46.0 Å².